The smallest absolute Gasteiger partial charge is 0.159 e. The van der Waals surface area contributed by atoms with E-state index in [4.69, 9.17) is 5.84 Å². The van der Waals surface area contributed by atoms with E-state index in [1.807, 2.05) is 0 Å². The van der Waals surface area contributed by atoms with Crippen LogP contribution in [0.2, 0.25) is 0 Å². The molecule has 1 aliphatic rings. The van der Waals surface area contributed by atoms with E-state index < -0.39 is 21.5 Å². The van der Waals surface area contributed by atoms with Crippen LogP contribution in [0, 0.1) is 17.6 Å². The second-order valence-corrected chi connectivity index (χ2v) is 7.55. The van der Waals surface area contributed by atoms with Crippen molar-refractivity contribution in [1.29, 1.82) is 0 Å². The molecule has 0 aliphatic carbocycles. The van der Waals surface area contributed by atoms with Gasteiger partial charge in [-0.05, 0) is 42.9 Å². The highest BCUT2D eigenvalue weighted by atomic mass is 32.2. The van der Waals surface area contributed by atoms with Crippen molar-refractivity contribution in [2.75, 3.05) is 11.5 Å². The third-order valence-corrected chi connectivity index (χ3v) is 5.48. The molecule has 7 heteroatoms. The third-order valence-electron chi connectivity index (χ3n) is 3.65. The fourth-order valence-electron chi connectivity index (χ4n) is 2.62. The van der Waals surface area contributed by atoms with Gasteiger partial charge in [-0.15, -0.1) is 0 Å². The van der Waals surface area contributed by atoms with E-state index in [9.17, 15) is 17.2 Å². The van der Waals surface area contributed by atoms with Gasteiger partial charge in [0.25, 0.3) is 0 Å². The first-order valence-electron chi connectivity index (χ1n) is 6.50. The summed E-state index contributed by atoms with van der Waals surface area (Å²) >= 11 is 0. The Balaban J connectivity index is 1.97. The lowest BCUT2D eigenvalue weighted by molar-refractivity contribution is 0.407. The minimum absolute atomic E-state index is 0.0753. The first kappa shape index (κ1) is 15.3. The van der Waals surface area contributed by atoms with Crippen LogP contribution in [0.5, 0.6) is 0 Å². The molecule has 1 aromatic carbocycles. The van der Waals surface area contributed by atoms with Crippen LogP contribution in [0.25, 0.3) is 0 Å². The van der Waals surface area contributed by atoms with Gasteiger partial charge in [0.05, 0.1) is 11.5 Å². The Morgan fingerprint density at radius 2 is 2.10 bits per heavy atom. The van der Waals surface area contributed by atoms with Crippen molar-refractivity contribution >= 4 is 9.84 Å². The average molecular weight is 304 g/mol. The Morgan fingerprint density at radius 1 is 1.35 bits per heavy atom. The molecule has 1 heterocycles. The number of benzene rings is 1. The maximum absolute atomic E-state index is 13.1. The summed E-state index contributed by atoms with van der Waals surface area (Å²) in [6.07, 6.45) is 1.68. The minimum atomic E-state index is -2.91. The number of sulfone groups is 1. The first-order valence-corrected chi connectivity index (χ1v) is 8.32. The lowest BCUT2D eigenvalue weighted by Gasteiger charge is -2.19. The zero-order valence-corrected chi connectivity index (χ0v) is 11.8. The Hall–Kier alpha value is -1.05. The van der Waals surface area contributed by atoms with Crippen LogP contribution in [-0.2, 0) is 16.3 Å². The number of hydrazine groups is 1. The lowest BCUT2D eigenvalue weighted by atomic mass is 9.95. The fraction of sp³-hybridized carbons (Fsp3) is 0.538. The minimum Gasteiger partial charge on any atom is -0.271 e. The molecule has 0 spiro atoms. The van der Waals surface area contributed by atoms with Gasteiger partial charge < -0.3 is 0 Å². The van der Waals surface area contributed by atoms with Crippen LogP contribution < -0.4 is 11.3 Å². The molecule has 0 radical (unpaired) electrons. The highest BCUT2D eigenvalue weighted by molar-refractivity contribution is 7.91. The molecule has 0 amide bonds. The monoisotopic (exact) mass is 304 g/mol. The van der Waals surface area contributed by atoms with Gasteiger partial charge in [-0.1, -0.05) is 6.07 Å². The third kappa shape index (κ3) is 3.97. The van der Waals surface area contributed by atoms with E-state index in [0.717, 1.165) is 12.1 Å². The molecular formula is C13H18F2N2O2S. The number of nitrogens with two attached hydrogens (primary N) is 1. The zero-order chi connectivity index (χ0) is 14.8. The summed E-state index contributed by atoms with van der Waals surface area (Å²) in [5.41, 5.74) is 3.26. The Bertz CT molecular complexity index is 578. The molecule has 4 nitrogen and oxygen atoms in total. The molecule has 2 atom stereocenters. The highest BCUT2D eigenvalue weighted by Gasteiger charge is 2.29. The Labute approximate surface area is 117 Å². The van der Waals surface area contributed by atoms with E-state index >= 15 is 0 Å². The summed E-state index contributed by atoms with van der Waals surface area (Å²) in [6, 6.07) is 3.58. The van der Waals surface area contributed by atoms with E-state index in [0.29, 0.717) is 24.8 Å². The number of hydrogen-bond donors (Lipinski definition) is 2. The Morgan fingerprint density at radius 3 is 2.65 bits per heavy atom. The highest BCUT2D eigenvalue weighted by Crippen LogP contribution is 2.24. The van der Waals surface area contributed by atoms with Crippen molar-refractivity contribution < 1.29 is 17.2 Å². The zero-order valence-electron chi connectivity index (χ0n) is 11.0. The molecular weight excluding hydrogens is 286 g/mol. The van der Waals surface area contributed by atoms with Gasteiger partial charge in [0, 0.05) is 6.04 Å². The van der Waals surface area contributed by atoms with E-state index in [1.165, 1.54) is 6.07 Å². The predicted molar refractivity (Wildman–Crippen MR) is 72.6 cm³/mol. The van der Waals surface area contributed by atoms with Gasteiger partial charge in [0.2, 0.25) is 0 Å². The molecule has 1 aromatic rings. The van der Waals surface area contributed by atoms with Gasteiger partial charge >= 0.3 is 0 Å². The van der Waals surface area contributed by atoms with Crippen molar-refractivity contribution in [2.24, 2.45) is 11.8 Å². The van der Waals surface area contributed by atoms with E-state index in [-0.39, 0.29) is 23.5 Å². The van der Waals surface area contributed by atoms with E-state index in [2.05, 4.69) is 5.43 Å². The standard InChI is InChI=1S/C13H18F2N2O2S/c14-12-2-1-9(7-13(12)15)5-11(17-16)6-10-3-4-20(18,19)8-10/h1-2,7,10-11,17H,3-6,8,16H2. The normalized spacial score (nSPS) is 22.9. The van der Waals surface area contributed by atoms with E-state index in [1.54, 1.807) is 0 Å². The van der Waals surface area contributed by atoms with Crippen molar-refractivity contribution in [3.63, 3.8) is 0 Å². The molecule has 1 aliphatic heterocycles. The maximum Gasteiger partial charge on any atom is 0.159 e. The van der Waals surface area contributed by atoms with Crippen molar-refractivity contribution in [3.05, 3.63) is 35.4 Å². The molecule has 0 aromatic heterocycles. The fourth-order valence-corrected chi connectivity index (χ4v) is 4.50. The van der Waals surface area contributed by atoms with Crippen LogP contribution >= 0.6 is 0 Å². The van der Waals surface area contributed by atoms with Gasteiger partial charge in [-0.2, -0.15) is 0 Å². The van der Waals surface area contributed by atoms with Crippen molar-refractivity contribution in [1.82, 2.24) is 5.43 Å². The number of halogens is 2. The summed E-state index contributed by atoms with van der Waals surface area (Å²) in [7, 11) is -2.91. The maximum atomic E-state index is 13.1. The first-order chi connectivity index (χ1) is 9.39. The van der Waals surface area contributed by atoms with Crippen LogP contribution in [0.15, 0.2) is 18.2 Å². The van der Waals surface area contributed by atoms with Gasteiger partial charge in [0.1, 0.15) is 0 Å². The molecule has 2 rings (SSSR count). The molecule has 2 unspecified atom stereocenters. The summed E-state index contributed by atoms with van der Waals surface area (Å²) < 4.78 is 48.8. The van der Waals surface area contributed by atoms with Crippen molar-refractivity contribution in [2.45, 2.75) is 25.3 Å². The molecule has 20 heavy (non-hydrogen) atoms. The molecule has 3 N–H and O–H groups in total. The summed E-state index contributed by atoms with van der Waals surface area (Å²) in [4.78, 5) is 0. The number of rotatable bonds is 5. The van der Waals surface area contributed by atoms with Gasteiger partial charge in [-0.3, -0.25) is 11.3 Å². The van der Waals surface area contributed by atoms with Crippen LogP contribution in [0.4, 0.5) is 8.78 Å². The second kappa shape index (κ2) is 6.15. The number of hydrogen-bond acceptors (Lipinski definition) is 4. The van der Waals surface area contributed by atoms with Gasteiger partial charge in [0.15, 0.2) is 21.5 Å². The quantitative estimate of drug-likeness (QED) is 0.632. The molecule has 0 saturated carbocycles. The molecule has 1 saturated heterocycles. The molecule has 1 fully saturated rings. The average Bonchev–Trinajstić information content (AvgIpc) is 2.72. The van der Waals surface area contributed by atoms with Crippen LogP contribution in [0.1, 0.15) is 18.4 Å². The van der Waals surface area contributed by atoms with Crippen LogP contribution in [0.3, 0.4) is 0 Å². The topological polar surface area (TPSA) is 72.2 Å². The SMILES string of the molecule is NNC(Cc1ccc(F)c(F)c1)CC1CCS(=O)(=O)C1. The largest absolute Gasteiger partial charge is 0.271 e. The number of nitrogens with one attached hydrogen (secondary N) is 1. The summed E-state index contributed by atoms with van der Waals surface area (Å²) in [6.45, 7) is 0. The van der Waals surface area contributed by atoms with Crippen LogP contribution in [-0.4, -0.2) is 26.0 Å². The summed E-state index contributed by atoms with van der Waals surface area (Å²) in [5, 5.41) is 0. The molecule has 112 valence electrons. The van der Waals surface area contributed by atoms with Gasteiger partial charge in [-0.25, -0.2) is 17.2 Å². The summed E-state index contributed by atoms with van der Waals surface area (Å²) in [5.74, 6) is 4.18. The predicted octanol–water partition coefficient (Wildman–Crippen LogP) is 1.16. The molecule has 0 bridgehead atoms. The Kier molecular flexibility index (Phi) is 4.72. The van der Waals surface area contributed by atoms with Crippen molar-refractivity contribution in [3.8, 4) is 0 Å². The second-order valence-electron chi connectivity index (χ2n) is 5.32. The lowest BCUT2D eigenvalue weighted by Crippen LogP contribution is -2.38.